The summed E-state index contributed by atoms with van der Waals surface area (Å²) in [5.74, 6) is 0.730. The molecule has 116 valence electrons. The van der Waals surface area contributed by atoms with Crippen LogP contribution in [0.15, 0.2) is 36.4 Å². The van der Waals surface area contributed by atoms with Gasteiger partial charge >= 0.3 is 0 Å². The molecule has 5 nitrogen and oxygen atoms in total. The van der Waals surface area contributed by atoms with Gasteiger partial charge in [0.1, 0.15) is 5.69 Å². The zero-order valence-corrected chi connectivity index (χ0v) is 12.9. The fourth-order valence-corrected chi connectivity index (χ4v) is 2.99. The molecule has 1 aromatic heterocycles. The Bertz CT molecular complexity index is 615. The molecule has 0 saturated carbocycles. The second kappa shape index (κ2) is 6.75. The van der Waals surface area contributed by atoms with Gasteiger partial charge in [0, 0.05) is 18.7 Å². The van der Waals surface area contributed by atoms with E-state index in [-0.39, 0.29) is 5.91 Å². The molecule has 2 heterocycles. The fraction of sp³-hybridized carbons (Fsp3) is 0.412. The Kier molecular flexibility index (Phi) is 4.53. The fourth-order valence-electron chi connectivity index (χ4n) is 2.99. The van der Waals surface area contributed by atoms with E-state index < -0.39 is 0 Å². The summed E-state index contributed by atoms with van der Waals surface area (Å²) >= 11 is 0. The number of piperidine rings is 1. The van der Waals surface area contributed by atoms with E-state index in [1.54, 1.807) is 0 Å². The number of likely N-dealkylation sites (tertiary alicyclic amines) is 1. The van der Waals surface area contributed by atoms with Crippen molar-refractivity contribution in [2.45, 2.75) is 12.8 Å². The van der Waals surface area contributed by atoms with Gasteiger partial charge < -0.3 is 10.2 Å². The zero-order valence-electron chi connectivity index (χ0n) is 12.9. The standard InChI is InChI=1S/C17H22N4O/c1-18-12-13-7-9-21(10-8-13)17(22)16-11-15(19-20-16)14-5-3-2-4-6-14/h2-6,11,13,18H,7-10,12H2,1H3,(H,19,20). The molecule has 0 aliphatic carbocycles. The predicted octanol–water partition coefficient (Wildman–Crippen LogP) is 2.15. The zero-order chi connectivity index (χ0) is 15.4. The quantitative estimate of drug-likeness (QED) is 0.909. The van der Waals surface area contributed by atoms with E-state index >= 15 is 0 Å². The van der Waals surface area contributed by atoms with Crippen molar-refractivity contribution in [1.82, 2.24) is 20.4 Å². The molecule has 0 bridgehead atoms. The van der Waals surface area contributed by atoms with Gasteiger partial charge in [-0.25, -0.2) is 0 Å². The van der Waals surface area contributed by atoms with Gasteiger partial charge in [-0.2, -0.15) is 5.10 Å². The highest BCUT2D eigenvalue weighted by Crippen LogP contribution is 2.20. The van der Waals surface area contributed by atoms with E-state index in [0.717, 1.165) is 43.7 Å². The summed E-state index contributed by atoms with van der Waals surface area (Å²) in [5.41, 5.74) is 2.41. The van der Waals surface area contributed by atoms with E-state index in [2.05, 4.69) is 15.5 Å². The van der Waals surface area contributed by atoms with Crippen LogP contribution in [0.5, 0.6) is 0 Å². The molecular formula is C17H22N4O. The Balaban J connectivity index is 1.65. The van der Waals surface area contributed by atoms with E-state index in [1.165, 1.54) is 0 Å². The molecule has 1 aromatic carbocycles. The molecule has 1 fully saturated rings. The third kappa shape index (κ3) is 3.20. The van der Waals surface area contributed by atoms with Gasteiger partial charge in [0.15, 0.2) is 0 Å². The summed E-state index contributed by atoms with van der Waals surface area (Å²) in [4.78, 5) is 14.5. The van der Waals surface area contributed by atoms with Crippen LogP contribution in [-0.2, 0) is 0 Å². The van der Waals surface area contributed by atoms with Gasteiger partial charge in [0.2, 0.25) is 0 Å². The number of aromatic amines is 1. The van der Waals surface area contributed by atoms with Crippen molar-refractivity contribution in [2.24, 2.45) is 5.92 Å². The Morgan fingerprint density at radius 1 is 1.32 bits per heavy atom. The minimum atomic E-state index is 0.0533. The van der Waals surface area contributed by atoms with Crippen LogP contribution in [0.1, 0.15) is 23.3 Å². The van der Waals surface area contributed by atoms with Gasteiger partial charge in [-0.15, -0.1) is 0 Å². The summed E-state index contributed by atoms with van der Waals surface area (Å²) in [7, 11) is 1.98. The summed E-state index contributed by atoms with van der Waals surface area (Å²) in [6, 6.07) is 11.7. The average Bonchev–Trinajstić information content (AvgIpc) is 3.06. The molecule has 1 aliphatic heterocycles. The van der Waals surface area contributed by atoms with Crippen molar-refractivity contribution in [2.75, 3.05) is 26.7 Å². The second-order valence-corrected chi connectivity index (χ2v) is 5.83. The Morgan fingerprint density at radius 2 is 2.05 bits per heavy atom. The van der Waals surface area contributed by atoms with E-state index in [0.29, 0.717) is 11.6 Å². The number of carbonyl (C=O) groups excluding carboxylic acids is 1. The van der Waals surface area contributed by atoms with E-state index in [1.807, 2.05) is 48.3 Å². The lowest BCUT2D eigenvalue weighted by Crippen LogP contribution is -2.40. The lowest BCUT2D eigenvalue weighted by molar-refractivity contribution is 0.0685. The normalized spacial score (nSPS) is 16.0. The highest BCUT2D eigenvalue weighted by Gasteiger charge is 2.24. The van der Waals surface area contributed by atoms with Crippen LogP contribution < -0.4 is 5.32 Å². The maximum absolute atomic E-state index is 12.5. The molecule has 0 radical (unpaired) electrons. The van der Waals surface area contributed by atoms with E-state index in [9.17, 15) is 4.79 Å². The third-order valence-electron chi connectivity index (χ3n) is 4.27. The molecule has 1 saturated heterocycles. The van der Waals surface area contributed by atoms with Crippen LogP contribution in [0, 0.1) is 5.92 Å². The molecule has 0 atom stereocenters. The molecular weight excluding hydrogens is 276 g/mol. The first-order chi connectivity index (χ1) is 10.8. The van der Waals surface area contributed by atoms with Crippen LogP contribution in [-0.4, -0.2) is 47.7 Å². The number of amides is 1. The molecule has 22 heavy (non-hydrogen) atoms. The minimum absolute atomic E-state index is 0.0533. The van der Waals surface area contributed by atoms with Crippen molar-refractivity contribution >= 4 is 5.91 Å². The van der Waals surface area contributed by atoms with Crippen molar-refractivity contribution in [1.29, 1.82) is 0 Å². The molecule has 2 N–H and O–H groups in total. The first-order valence-corrected chi connectivity index (χ1v) is 7.82. The van der Waals surface area contributed by atoms with Crippen molar-refractivity contribution in [3.63, 3.8) is 0 Å². The Morgan fingerprint density at radius 3 is 2.73 bits per heavy atom. The number of carbonyl (C=O) groups is 1. The minimum Gasteiger partial charge on any atom is -0.337 e. The lowest BCUT2D eigenvalue weighted by Gasteiger charge is -2.31. The van der Waals surface area contributed by atoms with Crippen LogP contribution in [0.3, 0.4) is 0 Å². The predicted molar refractivity (Wildman–Crippen MR) is 86.6 cm³/mol. The van der Waals surface area contributed by atoms with Crippen LogP contribution in [0.25, 0.3) is 11.3 Å². The number of nitrogens with one attached hydrogen (secondary N) is 2. The smallest absolute Gasteiger partial charge is 0.271 e. The molecule has 1 aliphatic rings. The summed E-state index contributed by atoms with van der Waals surface area (Å²) < 4.78 is 0. The van der Waals surface area contributed by atoms with Crippen molar-refractivity contribution < 1.29 is 4.79 Å². The number of nitrogens with zero attached hydrogens (tertiary/aromatic N) is 2. The number of H-pyrrole nitrogens is 1. The maximum Gasteiger partial charge on any atom is 0.271 e. The van der Waals surface area contributed by atoms with Gasteiger partial charge in [0.05, 0.1) is 5.69 Å². The summed E-state index contributed by atoms with van der Waals surface area (Å²) in [6.07, 6.45) is 2.12. The maximum atomic E-state index is 12.5. The number of rotatable bonds is 4. The summed E-state index contributed by atoms with van der Waals surface area (Å²) in [6.45, 7) is 2.68. The second-order valence-electron chi connectivity index (χ2n) is 5.83. The Hall–Kier alpha value is -2.14. The van der Waals surface area contributed by atoms with Crippen LogP contribution in [0.4, 0.5) is 0 Å². The highest BCUT2D eigenvalue weighted by molar-refractivity contribution is 5.93. The molecule has 2 aromatic rings. The SMILES string of the molecule is CNCC1CCN(C(=O)c2cc(-c3ccccc3)n[nH]2)CC1. The molecule has 0 unspecified atom stereocenters. The Labute approximate surface area is 130 Å². The van der Waals surface area contributed by atoms with Crippen molar-refractivity contribution in [3.05, 3.63) is 42.1 Å². The molecule has 3 rings (SSSR count). The third-order valence-corrected chi connectivity index (χ3v) is 4.27. The van der Waals surface area contributed by atoms with Crippen LogP contribution >= 0.6 is 0 Å². The number of aromatic nitrogens is 2. The van der Waals surface area contributed by atoms with Gasteiger partial charge in [0.25, 0.3) is 5.91 Å². The number of hydrogen-bond acceptors (Lipinski definition) is 3. The summed E-state index contributed by atoms with van der Waals surface area (Å²) in [5, 5.41) is 10.4. The monoisotopic (exact) mass is 298 g/mol. The van der Waals surface area contributed by atoms with Gasteiger partial charge in [-0.1, -0.05) is 30.3 Å². The van der Waals surface area contributed by atoms with E-state index in [4.69, 9.17) is 0 Å². The first kappa shape index (κ1) is 14.8. The molecule has 5 heteroatoms. The number of benzene rings is 1. The largest absolute Gasteiger partial charge is 0.337 e. The molecule has 1 amide bonds. The van der Waals surface area contributed by atoms with Gasteiger partial charge in [-0.3, -0.25) is 9.89 Å². The lowest BCUT2D eigenvalue weighted by atomic mass is 9.96. The van der Waals surface area contributed by atoms with Crippen LogP contribution in [0.2, 0.25) is 0 Å². The average molecular weight is 298 g/mol. The highest BCUT2D eigenvalue weighted by atomic mass is 16.2. The topological polar surface area (TPSA) is 61.0 Å². The first-order valence-electron chi connectivity index (χ1n) is 7.82. The van der Waals surface area contributed by atoms with Gasteiger partial charge in [-0.05, 0) is 38.4 Å². The van der Waals surface area contributed by atoms with Crippen molar-refractivity contribution in [3.8, 4) is 11.3 Å². The number of hydrogen-bond donors (Lipinski definition) is 2. The molecule has 0 spiro atoms.